The lowest BCUT2D eigenvalue weighted by molar-refractivity contribution is -0.156. The van der Waals surface area contributed by atoms with Crippen molar-refractivity contribution in [3.8, 4) is 11.8 Å². The monoisotopic (exact) mass is 452 g/mol. The van der Waals surface area contributed by atoms with Crippen LogP contribution in [0.5, 0.6) is 0 Å². The van der Waals surface area contributed by atoms with Crippen molar-refractivity contribution in [2.45, 2.75) is 12.0 Å². The zero-order valence-corrected chi connectivity index (χ0v) is 19.3. The fourth-order valence-electron chi connectivity index (χ4n) is 4.29. The lowest BCUT2D eigenvalue weighted by atomic mass is 9.89. The van der Waals surface area contributed by atoms with Gasteiger partial charge in [0.1, 0.15) is 6.04 Å². The van der Waals surface area contributed by atoms with E-state index in [0.29, 0.717) is 26.2 Å². The Hall–Kier alpha value is -3.88. The van der Waals surface area contributed by atoms with E-state index < -0.39 is 17.9 Å². The SMILES string of the molecule is COC(=O)[C@@H]1CN(CC#Cc2ccccc2)CCN1C(=O)C(c1ccccc1)c1ccccc1. The second-order valence-corrected chi connectivity index (χ2v) is 8.23. The van der Waals surface area contributed by atoms with Gasteiger partial charge in [0.25, 0.3) is 0 Å². The number of hydrogen-bond acceptors (Lipinski definition) is 4. The van der Waals surface area contributed by atoms with E-state index in [1.165, 1.54) is 7.11 Å². The van der Waals surface area contributed by atoms with Gasteiger partial charge in [-0.05, 0) is 23.3 Å². The number of piperazine rings is 1. The highest BCUT2D eigenvalue weighted by atomic mass is 16.5. The van der Waals surface area contributed by atoms with Crippen LogP contribution in [-0.4, -0.2) is 61.0 Å². The lowest BCUT2D eigenvalue weighted by Crippen LogP contribution is -2.59. The Labute approximate surface area is 201 Å². The zero-order chi connectivity index (χ0) is 23.8. The Morgan fingerprint density at radius 1 is 0.882 bits per heavy atom. The molecule has 3 aromatic carbocycles. The van der Waals surface area contributed by atoms with Crippen LogP contribution in [-0.2, 0) is 14.3 Å². The minimum Gasteiger partial charge on any atom is -0.467 e. The molecule has 1 saturated heterocycles. The van der Waals surface area contributed by atoms with Crippen LogP contribution in [0.3, 0.4) is 0 Å². The minimum atomic E-state index is -0.681. The quantitative estimate of drug-likeness (QED) is 0.439. The van der Waals surface area contributed by atoms with Crippen LogP contribution in [0, 0.1) is 11.8 Å². The van der Waals surface area contributed by atoms with Gasteiger partial charge >= 0.3 is 5.97 Å². The van der Waals surface area contributed by atoms with Gasteiger partial charge in [-0.15, -0.1) is 0 Å². The summed E-state index contributed by atoms with van der Waals surface area (Å²) in [6.45, 7) is 1.98. The van der Waals surface area contributed by atoms with Crippen molar-refractivity contribution >= 4 is 11.9 Å². The van der Waals surface area contributed by atoms with E-state index in [-0.39, 0.29) is 5.91 Å². The van der Waals surface area contributed by atoms with Crippen molar-refractivity contribution < 1.29 is 14.3 Å². The third-order valence-electron chi connectivity index (χ3n) is 6.04. The first-order valence-electron chi connectivity index (χ1n) is 11.4. The number of hydrogen-bond donors (Lipinski definition) is 0. The lowest BCUT2D eigenvalue weighted by Gasteiger charge is -2.40. The van der Waals surface area contributed by atoms with E-state index in [4.69, 9.17) is 4.74 Å². The summed E-state index contributed by atoms with van der Waals surface area (Å²) >= 11 is 0. The first-order chi connectivity index (χ1) is 16.7. The molecule has 5 nitrogen and oxygen atoms in total. The number of benzene rings is 3. The molecule has 0 radical (unpaired) electrons. The van der Waals surface area contributed by atoms with Crippen molar-refractivity contribution in [1.82, 2.24) is 9.80 Å². The third kappa shape index (κ3) is 5.54. The molecule has 34 heavy (non-hydrogen) atoms. The number of methoxy groups -OCH3 is 1. The molecule has 1 aliphatic heterocycles. The van der Waals surface area contributed by atoms with Gasteiger partial charge in [-0.2, -0.15) is 0 Å². The fraction of sp³-hybridized carbons (Fsp3) is 0.241. The van der Waals surface area contributed by atoms with Crippen molar-refractivity contribution in [2.24, 2.45) is 0 Å². The van der Waals surface area contributed by atoms with Gasteiger partial charge in [-0.3, -0.25) is 9.69 Å². The number of esters is 1. The van der Waals surface area contributed by atoms with Gasteiger partial charge in [0.2, 0.25) is 5.91 Å². The molecular weight excluding hydrogens is 424 g/mol. The standard InChI is InChI=1S/C29H28N2O3/c1-34-29(33)26-22-30(19-11-14-23-12-5-2-6-13-23)20-21-31(26)28(32)27(24-15-7-3-8-16-24)25-17-9-4-10-18-25/h2-10,12-13,15-18,26-27H,19-22H2,1H3/t26-/m0/s1. The Morgan fingerprint density at radius 2 is 1.44 bits per heavy atom. The maximum atomic E-state index is 13.9. The molecule has 0 spiro atoms. The van der Waals surface area contributed by atoms with Crippen molar-refractivity contribution in [2.75, 3.05) is 33.3 Å². The highest BCUT2D eigenvalue weighted by Gasteiger charge is 2.39. The molecule has 1 heterocycles. The summed E-state index contributed by atoms with van der Waals surface area (Å²) < 4.78 is 5.09. The van der Waals surface area contributed by atoms with E-state index in [0.717, 1.165) is 16.7 Å². The van der Waals surface area contributed by atoms with Gasteiger partial charge in [-0.1, -0.05) is 90.7 Å². The van der Waals surface area contributed by atoms with E-state index in [2.05, 4.69) is 16.7 Å². The summed E-state index contributed by atoms with van der Waals surface area (Å²) in [5, 5.41) is 0. The summed E-state index contributed by atoms with van der Waals surface area (Å²) in [6.07, 6.45) is 0. The molecule has 1 atom stereocenters. The van der Waals surface area contributed by atoms with Gasteiger partial charge in [0.15, 0.2) is 0 Å². The van der Waals surface area contributed by atoms with Crippen LogP contribution in [0.15, 0.2) is 91.0 Å². The normalized spacial score (nSPS) is 15.9. The number of ether oxygens (including phenoxy) is 1. The number of carbonyl (C=O) groups excluding carboxylic acids is 2. The van der Waals surface area contributed by atoms with E-state index in [9.17, 15) is 9.59 Å². The average molecular weight is 453 g/mol. The van der Waals surface area contributed by atoms with Crippen LogP contribution in [0.1, 0.15) is 22.6 Å². The van der Waals surface area contributed by atoms with Crippen LogP contribution < -0.4 is 0 Å². The molecule has 0 unspecified atom stereocenters. The second kappa shape index (κ2) is 11.3. The molecule has 0 bridgehead atoms. The van der Waals surface area contributed by atoms with Gasteiger partial charge in [0.05, 0.1) is 19.6 Å². The smallest absolute Gasteiger partial charge is 0.329 e. The molecule has 0 aliphatic carbocycles. The van der Waals surface area contributed by atoms with Gasteiger partial charge in [-0.25, -0.2) is 4.79 Å². The van der Waals surface area contributed by atoms with Crippen molar-refractivity contribution in [3.05, 3.63) is 108 Å². The molecule has 3 aromatic rings. The molecule has 0 saturated carbocycles. The molecule has 1 fully saturated rings. The third-order valence-corrected chi connectivity index (χ3v) is 6.04. The number of rotatable bonds is 5. The number of nitrogens with zero attached hydrogens (tertiary/aromatic N) is 2. The van der Waals surface area contributed by atoms with E-state index in [1.807, 2.05) is 91.0 Å². The summed E-state index contributed by atoms with van der Waals surface area (Å²) in [5.41, 5.74) is 2.76. The molecule has 1 amide bonds. The molecule has 5 heteroatoms. The van der Waals surface area contributed by atoms with E-state index in [1.54, 1.807) is 4.90 Å². The molecule has 172 valence electrons. The highest BCUT2D eigenvalue weighted by molar-refractivity contribution is 5.91. The van der Waals surface area contributed by atoms with Gasteiger partial charge in [0, 0.05) is 25.2 Å². The zero-order valence-electron chi connectivity index (χ0n) is 19.3. The first kappa shape index (κ1) is 23.3. The van der Waals surface area contributed by atoms with Crippen molar-refractivity contribution in [3.63, 3.8) is 0 Å². The summed E-state index contributed by atoms with van der Waals surface area (Å²) in [6, 6.07) is 28.5. The molecule has 0 aromatic heterocycles. The predicted octanol–water partition coefficient (Wildman–Crippen LogP) is 3.56. The van der Waals surface area contributed by atoms with Crippen LogP contribution in [0.4, 0.5) is 0 Å². The second-order valence-electron chi connectivity index (χ2n) is 8.23. The van der Waals surface area contributed by atoms with Crippen molar-refractivity contribution in [1.29, 1.82) is 0 Å². The van der Waals surface area contributed by atoms with Gasteiger partial charge < -0.3 is 9.64 Å². The van der Waals surface area contributed by atoms with Crippen LogP contribution in [0.25, 0.3) is 0 Å². The maximum Gasteiger partial charge on any atom is 0.329 e. The average Bonchev–Trinajstić information content (AvgIpc) is 2.90. The fourth-order valence-corrected chi connectivity index (χ4v) is 4.29. The number of amides is 1. The molecular formula is C29H28N2O3. The Balaban J connectivity index is 1.55. The Morgan fingerprint density at radius 3 is 2.00 bits per heavy atom. The van der Waals surface area contributed by atoms with E-state index >= 15 is 0 Å². The summed E-state index contributed by atoms with van der Waals surface area (Å²) in [5.74, 6) is 5.35. The topological polar surface area (TPSA) is 49.9 Å². The summed E-state index contributed by atoms with van der Waals surface area (Å²) in [7, 11) is 1.37. The Kier molecular flexibility index (Phi) is 7.75. The predicted molar refractivity (Wildman–Crippen MR) is 132 cm³/mol. The highest BCUT2D eigenvalue weighted by Crippen LogP contribution is 2.28. The van der Waals surface area contributed by atoms with Crippen LogP contribution in [0.2, 0.25) is 0 Å². The Bertz CT molecular complexity index is 1110. The summed E-state index contributed by atoms with van der Waals surface area (Å²) in [4.78, 5) is 30.4. The molecule has 1 aliphatic rings. The first-order valence-corrected chi connectivity index (χ1v) is 11.4. The van der Waals surface area contributed by atoms with Crippen LogP contribution >= 0.6 is 0 Å². The molecule has 0 N–H and O–H groups in total. The minimum absolute atomic E-state index is 0.0946. The number of carbonyl (C=O) groups is 2. The molecule has 4 rings (SSSR count). The largest absolute Gasteiger partial charge is 0.467 e. The maximum absolute atomic E-state index is 13.9.